The molecule has 0 spiro atoms. The lowest BCUT2D eigenvalue weighted by Crippen LogP contribution is -2.21. The van der Waals surface area contributed by atoms with Crippen molar-refractivity contribution >= 4 is 22.4 Å². The monoisotopic (exact) mass is 348 g/mol. The molecule has 4 rings (SSSR count). The number of fused-ring (bicyclic) bond motifs is 4. The van der Waals surface area contributed by atoms with Crippen LogP contribution in [-0.2, 0) is 4.79 Å². The van der Waals surface area contributed by atoms with Gasteiger partial charge < -0.3 is 19.7 Å². The number of amides is 1. The van der Waals surface area contributed by atoms with E-state index in [1.54, 1.807) is 0 Å². The van der Waals surface area contributed by atoms with Crippen LogP contribution in [0.3, 0.4) is 0 Å². The predicted molar refractivity (Wildman–Crippen MR) is 102 cm³/mol. The van der Waals surface area contributed by atoms with Crippen LogP contribution in [0.2, 0.25) is 0 Å². The van der Waals surface area contributed by atoms with Crippen LogP contribution in [-0.4, -0.2) is 31.4 Å². The minimum atomic E-state index is -0.0568. The maximum absolute atomic E-state index is 12.4. The van der Waals surface area contributed by atoms with Gasteiger partial charge in [-0.3, -0.25) is 4.79 Å². The molecule has 5 heteroatoms. The summed E-state index contributed by atoms with van der Waals surface area (Å²) in [5.41, 5.74) is 0.622. The van der Waals surface area contributed by atoms with Gasteiger partial charge in [-0.2, -0.15) is 0 Å². The minimum absolute atomic E-state index is 0.0568. The van der Waals surface area contributed by atoms with E-state index in [9.17, 15) is 4.79 Å². The Morgan fingerprint density at radius 3 is 2.35 bits per heavy atom. The van der Waals surface area contributed by atoms with E-state index in [0.29, 0.717) is 41.7 Å². The van der Waals surface area contributed by atoms with E-state index in [-0.39, 0.29) is 5.91 Å². The molecule has 0 atom stereocenters. The third-order valence-corrected chi connectivity index (χ3v) is 4.29. The molecule has 26 heavy (non-hydrogen) atoms. The van der Waals surface area contributed by atoms with Crippen molar-refractivity contribution in [1.29, 1.82) is 0 Å². The highest BCUT2D eigenvalue weighted by Gasteiger charge is 2.25. The second-order valence-electron chi connectivity index (χ2n) is 6.56. The van der Waals surface area contributed by atoms with E-state index >= 15 is 0 Å². The molecule has 1 aliphatic heterocycles. The first-order chi connectivity index (χ1) is 12.6. The topological polar surface area (TPSA) is 50.8 Å². The molecule has 1 aliphatic rings. The first-order valence-electron chi connectivity index (χ1n) is 8.57. The van der Waals surface area contributed by atoms with Crippen LogP contribution in [0.15, 0.2) is 54.6 Å². The molecule has 0 unspecified atom stereocenters. The van der Waals surface area contributed by atoms with Gasteiger partial charge in [-0.05, 0) is 37.7 Å². The molecule has 0 aromatic heterocycles. The third-order valence-electron chi connectivity index (χ3n) is 4.29. The molecule has 0 saturated carbocycles. The number of anilines is 1. The number of ether oxygens (including phenoxy) is 2. The molecule has 1 heterocycles. The third kappa shape index (κ3) is 3.09. The Hall–Kier alpha value is -3.05. The maximum Gasteiger partial charge on any atom is 0.225 e. The predicted octanol–water partition coefficient (Wildman–Crippen LogP) is 4.63. The van der Waals surface area contributed by atoms with Gasteiger partial charge in [-0.15, -0.1) is 0 Å². The summed E-state index contributed by atoms with van der Waals surface area (Å²) in [6.45, 7) is 0.682. The van der Waals surface area contributed by atoms with Gasteiger partial charge in [0.2, 0.25) is 5.91 Å². The standard InChI is InChI=1S/C21H20N2O3/c1-23(2)12-11-19(24)22-16-13-14-7-3-4-8-15(14)20-21(16)26-18-10-6-5-9-17(18)25-20/h3-10,13H,11-12H2,1-2H3,(H,22,24). The van der Waals surface area contributed by atoms with Crippen LogP contribution in [0, 0.1) is 0 Å². The second kappa shape index (κ2) is 6.69. The molecule has 5 nitrogen and oxygen atoms in total. The van der Waals surface area contributed by atoms with Gasteiger partial charge in [-0.25, -0.2) is 0 Å². The van der Waals surface area contributed by atoms with Crippen molar-refractivity contribution in [3.63, 3.8) is 0 Å². The SMILES string of the molecule is CN(C)CCC(=O)Nc1cc2ccccc2c2c1Oc1ccccc1O2. The van der Waals surface area contributed by atoms with Crippen molar-refractivity contribution in [2.24, 2.45) is 0 Å². The van der Waals surface area contributed by atoms with E-state index in [2.05, 4.69) is 5.32 Å². The molecule has 0 bridgehead atoms. The molecule has 0 saturated heterocycles. The number of para-hydroxylation sites is 2. The van der Waals surface area contributed by atoms with Crippen molar-refractivity contribution < 1.29 is 14.3 Å². The highest BCUT2D eigenvalue weighted by atomic mass is 16.6. The van der Waals surface area contributed by atoms with E-state index in [1.807, 2.05) is 73.6 Å². The fraction of sp³-hybridized carbons (Fsp3) is 0.190. The number of carbonyl (C=O) groups is 1. The molecule has 0 radical (unpaired) electrons. The van der Waals surface area contributed by atoms with Gasteiger partial charge >= 0.3 is 0 Å². The normalized spacial score (nSPS) is 12.1. The Balaban J connectivity index is 1.76. The zero-order chi connectivity index (χ0) is 18.1. The first kappa shape index (κ1) is 16.4. The van der Waals surface area contributed by atoms with Crippen LogP contribution in [0.5, 0.6) is 23.0 Å². The molecule has 1 N–H and O–H groups in total. The summed E-state index contributed by atoms with van der Waals surface area (Å²) in [5, 5.41) is 4.91. The fourth-order valence-corrected chi connectivity index (χ4v) is 2.97. The second-order valence-corrected chi connectivity index (χ2v) is 6.56. The highest BCUT2D eigenvalue weighted by Crippen LogP contribution is 2.52. The van der Waals surface area contributed by atoms with Crippen LogP contribution in [0.4, 0.5) is 5.69 Å². The summed E-state index contributed by atoms with van der Waals surface area (Å²) < 4.78 is 12.2. The number of nitrogens with zero attached hydrogens (tertiary/aromatic N) is 1. The zero-order valence-corrected chi connectivity index (χ0v) is 14.8. The highest BCUT2D eigenvalue weighted by molar-refractivity contribution is 6.01. The molecular weight excluding hydrogens is 328 g/mol. The van der Waals surface area contributed by atoms with Gasteiger partial charge in [-0.1, -0.05) is 36.4 Å². The van der Waals surface area contributed by atoms with E-state index in [4.69, 9.17) is 9.47 Å². The van der Waals surface area contributed by atoms with Crippen molar-refractivity contribution in [2.45, 2.75) is 6.42 Å². The Bertz CT molecular complexity index is 982. The minimum Gasteiger partial charge on any atom is -0.449 e. The number of nitrogens with one attached hydrogen (secondary N) is 1. The van der Waals surface area contributed by atoms with E-state index in [0.717, 1.165) is 10.8 Å². The Labute approximate surface area is 152 Å². The average Bonchev–Trinajstić information content (AvgIpc) is 2.65. The number of benzene rings is 3. The Morgan fingerprint density at radius 2 is 1.62 bits per heavy atom. The quantitative estimate of drug-likeness (QED) is 0.584. The number of hydrogen-bond acceptors (Lipinski definition) is 4. The van der Waals surface area contributed by atoms with Crippen molar-refractivity contribution in [3.05, 3.63) is 54.6 Å². The smallest absolute Gasteiger partial charge is 0.225 e. The molecule has 1 amide bonds. The molecule has 0 fully saturated rings. The summed E-state index contributed by atoms with van der Waals surface area (Å²) in [4.78, 5) is 14.3. The largest absolute Gasteiger partial charge is 0.449 e. The van der Waals surface area contributed by atoms with Crippen LogP contribution < -0.4 is 14.8 Å². The van der Waals surface area contributed by atoms with Crippen LogP contribution >= 0.6 is 0 Å². The zero-order valence-electron chi connectivity index (χ0n) is 14.8. The van der Waals surface area contributed by atoms with Gasteiger partial charge in [0, 0.05) is 18.4 Å². The van der Waals surface area contributed by atoms with Crippen molar-refractivity contribution in [3.8, 4) is 23.0 Å². The Morgan fingerprint density at radius 1 is 0.962 bits per heavy atom. The molecule has 0 aliphatic carbocycles. The van der Waals surface area contributed by atoms with Gasteiger partial charge in [0.15, 0.2) is 23.0 Å². The van der Waals surface area contributed by atoms with Gasteiger partial charge in [0.05, 0.1) is 5.69 Å². The van der Waals surface area contributed by atoms with E-state index < -0.39 is 0 Å². The summed E-state index contributed by atoms with van der Waals surface area (Å²) in [6, 6.07) is 17.4. The molecular formula is C21H20N2O3. The lowest BCUT2D eigenvalue weighted by molar-refractivity contribution is -0.116. The maximum atomic E-state index is 12.4. The molecule has 132 valence electrons. The van der Waals surface area contributed by atoms with Crippen molar-refractivity contribution in [1.82, 2.24) is 4.90 Å². The molecule has 3 aromatic carbocycles. The average molecular weight is 348 g/mol. The van der Waals surface area contributed by atoms with Crippen LogP contribution in [0.1, 0.15) is 6.42 Å². The lowest BCUT2D eigenvalue weighted by Gasteiger charge is -2.24. The van der Waals surface area contributed by atoms with Gasteiger partial charge in [0.1, 0.15) is 0 Å². The summed E-state index contributed by atoms with van der Waals surface area (Å²) in [5.74, 6) is 2.42. The van der Waals surface area contributed by atoms with Crippen LogP contribution in [0.25, 0.3) is 10.8 Å². The van der Waals surface area contributed by atoms with E-state index in [1.165, 1.54) is 0 Å². The number of carbonyl (C=O) groups excluding carboxylic acids is 1. The Kier molecular flexibility index (Phi) is 4.22. The summed E-state index contributed by atoms with van der Waals surface area (Å²) in [6.07, 6.45) is 0.409. The number of hydrogen-bond donors (Lipinski definition) is 1. The number of rotatable bonds is 4. The first-order valence-corrected chi connectivity index (χ1v) is 8.57. The fourth-order valence-electron chi connectivity index (χ4n) is 2.97. The summed E-state index contributed by atoms with van der Waals surface area (Å²) >= 11 is 0. The summed E-state index contributed by atoms with van der Waals surface area (Å²) in [7, 11) is 3.89. The van der Waals surface area contributed by atoms with Crippen molar-refractivity contribution in [2.75, 3.05) is 26.0 Å². The molecule has 3 aromatic rings. The lowest BCUT2D eigenvalue weighted by atomic mass is 10.1. The van der Waals surface area contributed by atoms with Gasteiger partial charge in [0.25, 0.3) is 0 Å².